The molecule has 0 bridgehead atoms. The number of nitrogens with zero attached hydrogens (tertiary/aromatic N) is 4. The van der Waals surface area contributed by atoms with Crippen LogP contribution < -0.4 is 0 Å². The van der Waals surface area contributed by atoms with Gasteiger partial charge in [-0.25, -0.2) is 0 Å². The third-order valence-corrected chi connectivity index (χ3v) is 9.50. The number of pyridine rings is 2. The van der Waals surface area contributed by atoms with Crippen LogP contribution in [0.25, 0.3) is 49.6 Å². The van der Waals surface area contributed by atoms with Crippen molar-refractivity contribution in [3.8, 4) is 50.8 Å². The van der Waals surface area contributed by atoms with E-state index in [1.165, 1.54) is 0 Å². The fraction of sp³-hybridized carbons (Fsp3) is 0.0204. The molecule has 0 atom stereocenters. The van der Waals surface area contributed by atoms with Crippen molar-refractivity contribution in [2.24, 2.45) is 0 Å². The van der Waals surface area contributed by atoms with E-state index in [1.807, 2.05) is 84.9 Å². The Bertz CT molecular complexity index is 2440. The summed E-state index contributed by atoms with van der Waals surface area (Å²) in [5.41, 5.74) is 10.3. The Kier molecular flexibility index (Phi) is 10.5. The van der Waals surface area contributed by atoms with E-state index in [4.69, 9.17) is 16.5 Å². The summed E-state index contributed by atoms with van der Waals surface area (Å²) in [5.74, 6) is 0. The molecule has 6 aromatic carbocycles. The first kappa shape index (κ1) is 35.7. The maximum Gasteiger partial charge on any atom is 2.00 e. The van der Waals surface area contributed by atoms with Gasteiger partial charge in [0.25, 0.3) is 0 Å². The van der Waals surface area contributed by atoms with Crippen LogP contribution in [0, 0.1) is 30.0 Å². The van der Waals surface area contributed by atoms with Crippen LogP contribution in [-0.2, 0) is 26.5 Å². The molecule has 0 radical (unpaired) electrons. The Hall–Kier alpha value is -6.71. The Labute approximate surface area is 330 Å². The second-order valence-corrected chi connectivity index (χ2v) is 12.6. The van der Waals surface area contributed by atoms with E-state index in [-0.39, 0.29) is 21.1 Å². The first-order valence-electron chi connectivity index (χ1n) is 17.3. The minimum atomic E-state index is -0.999. The van der Waals surface area contributed by atoms with Crippen molar-refractivity contribution in [2.45, 2.75) is 5.41 Å². The average Bonchev–Trinajstić information content (AvgIpc) is 3.25. The Balaban J connectivity index is 0.00000450. The molecule has 0 unspecified atom stereocenters. The van der Waals surface area contributed by atoms with Crippen LogP contribution in [0.4, 0.5) is 5.69 Å². The van der Waals surface area contributed by atoms with Gasteiger partial charge in [-0.15, -0.1) is 53.6 Å². The number of benzene rings is 6. The molecule has 8 aromatic rings. The minimum absolute atomic E-state index is 0. The molecule has 2 heterocycles. The van der Waals surface area contributed by atoms with Gasteiger partial charge in [-0.1, -0.05) is 133 Å². The van der Waals surface area contributed by atoms with Gasteiger partial charge in [-0.3, -0.25) is 14.8 Å². The summed E-state index contributed by atoms with van der Waals surface area (Å²) in [7, 11) is 0. The van der Waals surface area contributed by atoms with E-state index in [0.29, 0.717) is 22.6 Å². The van der Waals surface area contributed by atoms with Crippen LogP contribution in [0.2, 0.25) is 0 Å². The molecule has 0 fully saturated rings. The van der Waals surface area contributed by atoms with Gasteiger partial charge in [0.1, 0.15) is 11.1 Å². The summed E-state index contributed by atoms with van der Waals surface area (Å²) >= 11 is 0. The Morgan fingerprint density at radius 3 is 1.44 bits per heavy atom. The largest absolute Gasteiger partial charge is 2.00 e. The summed E-state index contributed by atoms with van der Waals surface area (Å²) in [4.78, 5) is 14.9. The maximum atomic E-state index is 9.87. The van der Waals surface area contributed by atoms with Crippen molar-refractivity contribution in [1.29, 1.82) is 5.26 Å². The number of nitriles is 1. The molecule has 0 saturated heterocycles. The molecule has 0 aliphatic rings. The number of hydrogen-bond acceptors (Lipinski definition) is 3. The zero-order valence-electron chi connectivity index (χ0n) is 28.9. The molecular weight excluding hydrogens is 840 g/mol. The molecule has 2 aromatic heterocycles. The van der Waals surface area contributed by atoms with Crippen LogP contribution in [0.5, 0.6) is 0 Å². The monoisotopic (exact) mass is 869 g/mol. The predicted molar refractivity (Wildman–Crippen MR) is 211 cm³/mol. The molecule has 0 spiro atoms. The van der Waals surface area contributed by atoms with E-state index in [1.54, 1.807) is 24.3 Å². The van der Waals surface area contributed by atoms with Crippen molar-refractivity contribution in [2.75, 3.05) is 0 Å². The van der Waals surface area contributed by atoms with Crippen molar-refractivity contribution in [1.82, 2.24) is 9.97 Å². The number of aromatic nitrogens is 2. The standard InChI is InChI=1S/C49H30N4.Pt/c1-51-42-27-15-22-39(33-42)48-44(37-19-8-3-9-20-37)29-31-46(53-48)49(40-23-10-4-11-24-40,41-25-12-5-13-26-41)45-30-28-43(36-17-6-2-7-18-36)47(52-45)38-21-14-16-35(32-38)34-50;/h2-20,23-33H;/q-2;+2. The SMILES string of the molecule is [C-]#[N+]c1cc[c-]c(-c2nc(C(c3ccccc3)(c3ccccc3)c3ccc(-c4ccccc4)c(-c4[c-]ccc(C#N)c4)n3)ccc2-c2ccccc2)c1.[Pt+2]. The van der Waals surface area contributed by atoms with Crippen LogP contribution >= 0.6 is 0 Å². The molecule has 0 amide bonds. The molecular formula is C49H30N4Pt. The van der Waals surface area contributed by atoms with E-state index in [2.05, 4.69) is 95.8 Å². The van der Waals surface area contributed by atoms with E-state index >= 15 is 0 Å². The maximum absolute atomic E-state index is 9.87. The molecule has 8 rings (SSSR count). The van der Waals surface area contributed by atoms with Gasteiger partial charge in [-0.2, -0.15) is 11.3 Å². The first-order valence-corrected chi connectivity index (χ1v) is 17.3. The zero-order chi connectivity index (χ0) is 36.0. The fourth-order valence-electron chi connectivity index (χ4n) is 7.05. The minimum Gasteiger partial charge on any atom is -0.299 e. The van der Waals surface area contributed by atoms with Gasteiger partial charge in [0, 0.05) is 0 Å². The van der Waals surface area contributed by atoms with Gasteiger partial charge in [0.05, 0.1) is 24.0 Å². The van der Waals surface area contributed by atoms with Crippen LogP contribution in [-0.4, -0.2) is 9.97 Å². The Morgan fingerprint density at radius 1 is 0.537 bits per heavy atom. The summed E-state index contributed by atoms with van der Waals surface area (Å²) in [6, 6.07) is 69.3. The van der Waals surface area contributed by atoms with Crippen LogP contribution in [0.15, 0.2) is 182 Å². The molecule has 0 aliphatic carbocycles. The van der Waals surface area contributed by atoms with Crippen LogP contribution in [0.1, 0.15) is 28.1 Å². The molecule has 5 heteroatoms. The summed E-state index contributed by atoms with van der Waals surface area (Å²) in [5, 5.41) is 9.87. The predicted octanol–water partition coefficient (Wildman–Crippen LogP) is 11.5. The molecule has 0 N–H and O–H groups in total. The van der Waals surface area contributed by atoms with Crippen LogP contribution in [0.3, 0.4) is 0 Å². The van der Waals surface area contributed by atoms with Gasteiger partial charge in [0.2, 0.25) is 0 Å². The number of rotatable bonds is 8. The second-order valence-electron chi connectivity index (χ2n) is 12.6. The summed E-state index contributed by atoms with van der Waals surface area (Å²) in [6.07, 6.45) is 0. The molecule has 0 saturated carbocycles. The second kappa shape index (κ2) is 15.9. The third kappa shape index (κ3) is 6.68. The quantitative estimate of drug-likeness (QED) is 0.143. The fourth-order valence-corrected chi connectivity index (χ4v) is 7.05. The van der Waals surface area contributed by atoms with E-state index in [9.17, 15) is 5.26 Å². The van der Waals surface area contributed by atoms with Gasteiger partial charge in [-0.05, 0) is 62.5 Å². The summed E-state index contributed by atoms with van der Waals surface area (Å²) in [6.45, 7) is 7.76. The molecule has 0 aliphatic heterocycles. The number of hydrogen-bond donors (Lipinski definition) is 0. The topological polar surface area (TPSA) is 53.9 Å². The average molecular weight is 870 g/mol. The van der Waals surface area contributed by atoms with Crippen molar-refractivity contribution >= 4 is 5.69 Å². The van der Waals surface area contributed by atoms with Gasteiger partial charge < -0.3 is 0 Å². The van der Waals surface area contributed by atoms with E-state index < -0.39 is 5.41 Å². The molecule has 54 heavy (non-hydrogen) atoms. The molecule has 256 valence electrons. The van der Waals surface area contributed by atoms with Crippen molar-refractivity contribution in [3.63, 3.8) is 0 Å². The normalized spacial score (nSPS) is 10.8. The Morgan fingerprint density at radius 2 is 0.981 bits per heavy atom. The summed E-state index contributed by atoms with van der Waals surface area (Å²) < 4.78 is 0. The van der Waals surface area contributed by atoms with E-state index in [0.717, 1.165) is 55.9 Å². The zero-order valence-corrected chi connectivity index (χ0v) is 31.2. The van der Waals surface area contributed by atoms with Crippen molar-refractivity contribution < 1.29 is 21.1 Å². The third-order valence-electron chi connectivity index (χ3n) is 9.50. The van der Waals surface area contributed by atoms with Gasteiger partial charge in [0.15, 0.2) is 0 Å². The van der Waals surface area contributed by atoms with Gasteiger partial charge >= 0.3 is 21.1 Å². The first-order chi connectivity index (χ1) is 26.2. The van der Waals surface area contributed by atoms with Crippen molar-refractivity contribution in [3.05, 3.63) is 234 Å². The molecule has 4 nitrogen and oxygen atoms in total. The smallest absolute Gasteiger partial charge is 0.299 e.